The third-order valence-electron chi connectivity index (χ3n) is 16.1. The number of halogens is 1. The highest BCUT2D eigenvalue weighted by Crippen LogP contribution is 2.72. The van der Waals surface area contributed by atoms with Gasteiger partial charge in [-0.15, -0.1) is 44.6 Å². The summed E-state index contributed by atoms with van der Waals surface area (Å²) in [7, 11) is 18.8. The van der Waals surface area contributed by atoms with E-state index in [-0.39, 0.29) is 14.0 Å². The van der Waals surface area contributed by atoms with E-state index in [1.165, 1.54) is 95.4 Å². The molecule has 16 aromatic rings. The van der Waals surface area contributed by atoms with Crippen molar-refractivity contribution in [1.29, 1.82) is 0 Å². The van der Waals surface area contributed by atoms with E-state index in [1.807, 2.05) is 78.9 Å². The third-order valence-corrected chi connectivity index (χ3v) is 39.2. The van der Waals surface area contributed by atoms with Crippen LogP contribution in [0.3, 0.4) is 0 Å². The summed E-state index contributed by atoms with van der Waals surface area (Å²) in [6, 6.07) is 89.1. The van der Waals surface area contributed by atoms with Gasteiger partial charge in [0.2, 0.25) is 0 Å². The Morgan fingerprint density at radius 1 is 0.393 bits per heavy atom. The summed E-state index contributed by atoms with van der Waals surface area (Å²) in [5.74, 6) is 1.48. The molecule has 89 heavy (non-hydrogen) atoms. The molecule has 0 amide bonds. The number of fused-ring (bicyclic) bond motifs is 4. The van der Waals surface area contributed by atoms with Crippen LogP contribution in [0.1, 0.15) is 0 Å². The largest absolute Gasteiger partial charge is 0.474 e. The molecular weight excluding hydrogens is 1340 g/mol. The van der Waals surface area contributed by atoms with Crippen molar-refractivity contribution in [2.24, 2.45) is 0 Å². The van der Waals surface area contributed by atoms with Gasteiger partial charge in [0.15, 0.2) is 11.6 Å². The second kappa shape index (κ2) is 26.8. The Morgan fingerprint density at radius 3 is 1.37 bits per heavy atom. The Hall–Kier alpha value is -5.78. The molecule has 0 saturated heterocycles. The van der Waals surface area contributed by atoms with E-state index in [0.717, 1.165) is 85.2 Å². The van der Waals surface area contributed by atoms with Crippen molar-refractivity contribution in [3.05, 3.63) is 259 Å². The number of benzene rings is 12. The zero-order valence-corrected chi connectivity index (χ0v) is 59.9. The van der Waals surface area contributed by atoms with E-state index >= 15 is 0 Å². The predicted octanol–water partition coefficient (Wildman–Crippen LogP) is 24.5. The van der Waals surface area contributed by atoms with Gasteiger partial charge >= 0.3 is 0 Å². The molecule has 0 fully saturated rings. The van der Waals surface area contributed by atoms with Crippen molar-refractivity contribution in [2.75, 3.05) is 0 Å². The van der Waals surface area contributed by atoms with Crippen LogP contribution >= 0.6 is 99.4 Å². The average molecular weight is 1390 g/mol. The molecule has 12 aromatic carbocycles. The molecule has 4 heterocycles. The van der Waals surface area contributed by atoms with Gasteiger partial charge in [-0.3, -0.25) is 8.93 Å². The number of hydrogen-bond donors (Lipinski definition) is 1. The number of H-pyrrole nitrogens is 1. The maximum atomic E-state index is 5.06. The molecule has 6 nitrogen and oxygen atoms in total. The van der Waals surface area contributed by atoms with Gasteiger partial charge in [-0.2, -0.15) is 0 Å². The quantitative estimate of drug-likeness (QED) is 0.161. The zero-order valence-electron chi connectivity index (χ0n) is 47.7. The normalized spacial score (nSPS) is 11.9. The number of aromatic nitrogens is 6. The van der Waals surface area contributed by atoms with Gasteiger partial charge in [-0.05, 0) is 124 Å². The van der Waals surface area contributed by atoms with Gasteiger partial charge in [0.25, 0.3) is 0 Å². The maximum absolute atomic E-state index is 5.06. The highest BCUT2D eigenvalue weighted by atomic mass is 79.9. The fraction of sp³-hybridized carbons (Fsp3) is 0. The fourth-order valence-electron chi connectivity index (χ4n) is 12.3. The van der Waals surface area contributed by atoms with Crippen molar-refractivity contribution >= 4 is 186 Å². The predicted molar refractivity (Wildman–Crippen MR) is 419 cm³/mol. The van der Waals surface area contributed by atoms with Crippen LogP contribution in [0, 0.1) is 0 Å². The standard InChI is InChI=1S/C36H21N3.C20H13BrN2.C16H9N.H7P5.H6P5/c1-2-8-23(9-3-1)35-28-11-4-5-14-29(28)37-36(38-35)24-16-19-25(20-17-24)39-30-15-7-13-27-26-12-6-10-22-18-21-31(39)34(32(22)26)33(27)30;21-16-12-10-15(11-13-16)20-22-18-9-5-4-8-17(18)19(23-20)14-6-2-1-3-7-14;1-3-9-7-8-13-16-14(9)10(4-1)11-5-2-6-12(17-13)15(11)16;2*1-4-5(2)3/h1-21H;1-13H;1-8,17H;4H,1-3H2;1-3H2/q;;;;-1. The first-order valence-corrected chi connectivity index (χ1v) is 45.4. The second-order valence-corrected chi connectivity index (χ2v) is 49.0. The molecule has 0 saturated carbocycles. The summed E-state index contributed by atoms with van der Waals surface area (Å²) in [6.45, 7) is 0.396. The Bertz CT molecular complexity index is 5310. The first kappa shape index (κ1) is 60.8. The molecule has 0 aliphatic heterocycles. The average Bonchev–Trinajstić information content (AvgIpc) is 1.55. The molecule has 0 bridgehead atoms. The van der Waals surface area contributed by atoms with Crippen LogP contribution < -0.4 is 0 Å². The summed E-state index contributed by atoms with van der Waals surface area (Å²) in [6.07, 6.45) is 0. The molecule has 7 atom stereocenters. The Morgan fingerprint density at radius 2 is 0.831 bits per heavy atom. The zero-order chi connectivity index (χ0) is 60.7. The number of rotatable bonds is 7. The smallest absolute Gasteiger partial charge is 0.160 e. The second-order valence-electron chi connectivity index (χ2n) is 21.3. The first-order valence-electron chi connectivity index (χ1n) is 28.6. The maximum Gasteiger partial charge on any atom is 0.160 e. The Labute approximate surface area is 544 Å². The lowest BCUT2D eigenvalue weighted by molar-refractivity contribution is 1.17. The lowest BCUT2D eigenvalue weighted by atomic mass is 10.0. The Kier molecular flexibility index (Phi) is 18.3. The summed E-state index contributed by atoms with van der Waals surface area (Å²) in [5.41, 5.74) is 19.6. The van der Waals surface area contributed by atoms with Crippen LogP contribution in [-0.4, -0.2) is 29.5 Å². The number of hydrogen-bond acceptors (Lipinski definition) is 4. The van der Waals surface area contributed by atoms with E-state index in [9.17, 15) is 0 Å². The SMILES string of the molecule is Brc1ccc(-c2nc(-c3ccccc3)c3ccccc3n2)cc1.PPP(P)P.P[P-]P(P)P.c1cc2c3c(c1)ccc1[nH]c4cccc-2c4c13.c1ccc(-c2nc(-c3ccc(-n4c5cccc6c5c5c7c-6cccc7ccc54)cc3)nc3ccccc23)cc1. The van der Waals surface area contributed by atoms with Gasteiger partial charge in [-0.25, -0.2) is 26.9 Å². The minimum atomic E-state index is 0.170. The van der Waals surface area contributed by atoms with E-state index in [1.54, 1.807) is 0 Å². The van der Waals surface area contributed by atoms with Crippen LogP contribution in [-0.2, 0) is 0 Å². The van der Waals surface area contributed by atoms with Gasteiger partial charge in [0, 0.05) is 75.8 Å². The number of nitrogens with one attached hydrogen (secondary N) is 1. The minimum absolute atomic E-state index is 0.170. The van der Waals surface area contributed by atoms with Crippen LogP contribution in [0.15, 0.2) is 259 Å². The number of aromatic amines is 1. The van der Waals surface area contributed by atoms with Crippen LogP contribution in [0.4, 0.5) is 0 Å². The van der Waals surface area contributed by atoms with Crippen molar-refractivity contribution in [2.45, 2.75) is 0 Å². The minimum Gasteiger partial charge on any atom is -0.474 e. The summed E-state index contributed by atoms with van der Waals surface area (Å²) in [5, 5.41) is 13.1. The van der Waals surface area contributed by atoms with Crippen molar-refractivity contribution in [3.63, 3.8) is 0 Å². The molecule has 17 heteroatoms. The molecule has 18 rings (SSSR count). The molecule has 0 spiro atoms. The Balaban J connectivity index is 0.000000117. The van der Waals surface area contributed by atoms with Crippen molar-refractivity contribution in [3.8, 4) is 73.2 Å². The van der Waals surface area contributed by atoms with Gasteiger partial charge < -0.3 is 17.5 Å². The molecular formula is C72H56BrN6P10-. The van der Waals surface area contributed by atoms with E-state index in [2.05, 4.69) is 255 Å². The molecule has 1 N–H and O–H groups in total. The van der Waals surface area contributed by atoms with Gasteiger partial charge in [0.1, 0.15) is 0 Å². The monoisotopic (exact) mass is 1390 g/mol. The molecule has 0 radical (unpaired) electrons. The highest BCUT2D eigenvalue weighted by Gasteiger charge is 2.26. The molecule has 2 aliphatic rings. The van der Waals surface area contributed by atoms with E-state index < -0.39 is 0 Å². The molecule has 4 aromatic heterocycles. The van der Waals surface area contributed by atoms with E-state index in [0.29, 0.717) is 0 Å². The lowest BCUT2D eigenvalue weighted by Gasteiger charge is -2.13. The van der Waals surface area contributed by atoms with Gasteiger partial charge in [-0.1, -0.05) is 206 Å². The van der Waals surface area contributed by atoms with Gasteiger partial charge in [0.05, 0.1) is 33.5 Å². The number of para-hydroxylation sites is 2. The summed E-state index contributed by atoms with van der Waals surface area (Å²) >= 11 is 3.47. The highest BCUT2D eigenvalue weighted by molar-refractivity contribution is 9.10. The van der Waals surface area contributed by atoms with Crippen LogP contribution in [0.2, 0.25) is 0 Å². The summed E-state index contributed by atoms with van der Waals surface area (Å²) < 4.78 is 3.44. The van der Waals surface area contributed by atoms with Crippen molar-refractivity contribution < 1.29 is 0 Å². The number of nitrogens with zero attached hydrogens (tertiary/aromatic N) is 5. The topological polar surface area (TPSA) is 72.3 Å². The fourth-order valence-corrected chi connectivity index (χ4v) is 12.6. The third kappa shape index (κ3) is 12.0. The first-order chi connectivity index (χ1) is 43.6. The van der Waals surface area contributed by atoms with Crippen LogP contribution in [0.25, 0.3) is 160 Å². The van der Waals surface area contributed by atoms with Crippen molar-refractivity contribution in [1.82, 2.24) is 29.5 Å². The molecule has 432 valence electrons. The molecule has 7 unspecified atom stereocenters. The lowest BCUT2D eigenvalue weighted by Crippen LogP contribution is -1.97. The summed E-state index contributed by atoms with van der Waals surface area (Å²) in [4.78, 5) is 23.1. The molecule has 2 aliphatic carbocycles. The van der Waals surface area contributed by atoms with E-state index in [4.69, 9.17) is 19.9 Å². The van der Waals surface area contributed by atoms with Crippen LogP contribution in [0.5, 0.6) is 0 Å².